The van der Waals surface area contributed by atoms with Gasteiger partial charge in [0.05, 0.1) is 26.3 Å². The molecule has 2 aromatic carbocycles. The molecule has 10 nitrogen and oxygen atoms in total. The van der Waals surface area contributed by atoms with Gasteiger partial charge in [0, 0.05) is 23.6 Å². The maximum absolute atomic E-state index is 13.1. The van der Waals surface area contributed by atoms with Crippen LogP contribution >= 0.6 is 0 Å². The molecule has 1 aliphatic heterocycles. The first-order chi connectivity index (χ1) is 17.3. The van der Waals surface area contributed by atoms with E-state index in [1.807, 2.05) is 24.3 Å². The van der Waals surface area contributed by atoms with Crippen LogP contribution in [0.1, 0.15) is 41.6 Å². The van der Waals surface area contributed by atoms with Gasteiger partial charge in [-0.3, -0.25) is 4.79 Å². The first-order valence-corrected chi connectivity index (χ1v) is 13.2. The van der Waals surface area contributed by atoms with Gasteiger partial charge in [-0.1, -0.05) is 30.3 Å². The maximum atomic E-state index is 13.1. The molecule has 1 heterocycles. The van der Waals surface area contributed by atoms with E-state index in [0.29, 0.717) is 49.3 Å². The number of methoxy groups -OCH3 is 2. The molecule has 0 unspecified atom stereocenters. The van der Waals surface area contributed by atoms with Gasteiger partial charge in [-0.25, -0.2) is 4.79 Å². The van der Waals surface area contributed by atoms with Gasteiger partial charge >= 0.3 is 16.3 Å². The van der Waals surface area contributed by atoms with Crippen molar-refractivity contribution >= 4 is 22.2 Å². The predicted molar refractivity (Wildman–Crippen MR) is 132 cm³/mol. The number of nitrogens with one attached hydrogen (secondary N) is 2. The summed E-state index contributed by atoms with van der Waals surface area (Å²) in [6, 6.07) is 14.4. The van der Waals surface area contributed by atoms with Gasteiger partial charge in [-0.2, -0.15) is 17.4 Å². The first-order valence-electron chi connectivity index (χ1n) is 11.8. The van der Waals surface area contributed by atoms with Crippen molar-refractivity contribution in [2.75, 3.05) is 33.9 Å². The van der Waals surface area contributed by atoms with E-state index in [-0.39, 0.29) is 25.1 Å². The molecule has 2 amide bonds. The molecule has 4 rings (SSSR count). The van der Waals surface area contributed by atoms with Crippen LogP contribution in [0.2, 0.25) is 0 Å². The number of rotatable bonds is 9. The minimum atomic E-state index is -3.99. The van der Waals surface area contributed by atoms with Crippen molar-refractivity contribution in [1.82, 2.24) is 14.3 Å². The second-order valence-corrected chi connectivity index (χ2v) is 10.6. The third-order valence-corrected chi connectivity index (χ3v) is 8.43. The Morgan fingerprint density at radius 3 is 2.33 bits per heavy atom. The fraction of sp³-hybridized carbons (Fsp3) is 0.440. The Morgan fingerprint density at radius 2 is 1.69 bits per heavy atom. The fourth-order valence-electron chi connectivity index (χ4n) is 4.96. The second kappa shape index (κ2) is 10.8. The van der Waals surface area contributed by atoms with Crippen molar-refractivity contribution in [3.8, 4) is 11.5 Å². The summed E-state index contributed by atoms with van der Waals surface area (Å²) in [6.07, 6.45) is 1.37. The van der Waals surface area contributed by atoms with Crippen LogP contribution in [0.25, 0.3) is 0 Å². The van der Waals surface area contributed by atoms with Crippen molar-refractivity contribution in [2.24, 2.45) is 0 Å². The number of para-hydroxylation sites is 2. The van der Waals surface area contributed by atoms with Crippen LogP contribution < -0.4 is 19.5 Å². The molecule has 1 saturated carbocycles. The van der Waals surface area contributed by atoms with Crippen LogP contribution in [0.3, 0.4) is 0 Å². The molecule has 2 aromatic rings. The van der Waals surface area contributed by atoms with E-state index in [1.54, 1.807) is 31.4 Å². The summed E-state index contributed by atoms with van der Waals surface area (Å²) in [5, 5.41) is 3.07. The van der Waals surface area contributed by atoms with Crippen molar-refractivity contribution in [3.63, 3.8) is 0 Å². The summed E-state index contributed by atoms with van der Waals surface area (Å²) in [5.41, 5.74) is 0.921. The zero-order valence-electron chi connectivity index (χ0n) is 20.4. The largest absolute Gasteiger partial charge is 0.496 e. The van der Waals surface area contributed by atoms with Crippen molar-refractivity contribution in [3.05, 3.63) is 59.7 Å². The van der Waals surface area contributed by atoms with E-state index in [1.165, 1.54) is 7.11 Å². The van der Waals surface area contributed by atoms with Crippen LogP contribution in [0, 0.1) is 0 Å². The molecule has 2 N–H and O–H groups in total. The lowest BCUT2D eigenvalue weighted by Crippen LogP contribution is -2.50. The summed E-state index contributed by atoms with van der Waals surface area (Å²) >= 11 is 0. The van der Waals surface area contributed by atoms with Crippen LogP contribution in [0.15, 0.2) is 48.5 Å². The Kier molecular flexibility index (Phi) is 7.70. The molecule has 0 radical (unpaired) electrons. The number of nitrogens with zero attached hydrogens (tertiary/aromatic N) is 1. The third-order valence-electron chi connectivity index (χ3n) is 6.89. The van der Waals surface area contributed by atoms with Crippen LogP contribution in [-0.2, 0) is 20.4 Å². The van der Waals surface area contributed by atoms with Gasteiger partial charge in [-0.05, 0) is 43.9 Å². The number of carbonyl (C=O) groups excluding carboxylic acids is 2. The smallest absolute Gasteiger partial charge is 0.424 e. The summed E-state index contributed by atoms with van der Waals surface area (Å²) in [5.74, 6) is 0.944. The molecule has 2 aliphatic rings. The van der Waals surface area contributed by atoms with Gasteiger partial charge < -0.3 is 19.5 Å². The van der Waals surface area contributed by atoms with Crippen molar-refractivity contribution in [2.45, 2.75) is 37.1 Å². The average Bonchev–Trinajstić information content (AvgIpc) is 3.35. The molecule has 0 atom stereocenters. The van der Waals surface area contributed by atoms with Crippen molar-refractivity contribution in [1.29, 1.82) is 0 Å². The molecule has 1 saturated heterocycles. The Bertz CT molecular complexity index is 1210. The Hall–Kier alpha value is -3.31. The molecule has 2 fully saturated rings. The Balaban J connectivity index is 1.53. The number of hydrogen-bond acceptors (Lipinski definition) is 7. The predicted octanol–water partition coefficient (Wildman–Crippen LogP) is 2.60. The standard InChI is InChI=1S/C25H31N3O7S/c1-33-21-9-5-3-7-19(21)23(29)26-17-25(20-8-4-6-10-22(20)34-2)13-11-18(12-14-25)27-36(31,32)28-15-16-35-24(28)30/h3-10,18,27H,11-17H2,1-2H3,(H,26,29)/t18-,25-. The third kappa shape index (κ3) is 5.26. The molecule has 194 valence electrons. The quantitative estimate of drug-likeness (QED) is 0.524. The second-order valence-electron chi connectivity index (χ2n) is 8.95. The van der Waals surface area contributed by atoms with E-state index in [0.717, 1.165) is 9.87 Å². The molecular formula is C25H31N3O7S. The molecule has 36 heavy (non-hydrogen) atoms. The van der Waals surface area contributed by atoms with Gasteiger partial charge in [0.25, 0.3) is 5.91 Å². The molecule has 1 aliphatic carbocycles. The molecular weight excluding hydrogens is 486 g/mol. The molecule has 11 heteroatoms. The highest BCUT2D eigenvalue weighted by Gasteiger charge is 2.42. The SMILES string of the molecule is COc1ccccc1C(=O)NC[C@]1(c2ccccc2OC)CC[C@H](NS(=O)(=O)N2CCOC2=O)CC1. The Morgan fingerprint density at radius 1 is 1.06 bits per heavy atom. The van der Waals surface area contributed by atoms with E-state index in [4.69, 9.17) is 14.2 Å². The van der Waals surface area contributed by atoms with Crippen molar-refractivity contribution < 1.29 is 32.2 Å². The number of cyclic esters (lactones) is 1. The highest BCUT2D eigenvalue weighted by Crippen LogP contribution is 2.43. The lowest BCUT2D eigenvalue weighted by Gasteiger charge is -2.41. The minimum Gasteiger partial charge on any atom is -0.496 e. The van der Waals surface area contributed by atoms with Gasteiger partial charge in [0.1, 0.15) is 18.1 Å². The van der Waals surface area contributed by atoms with Gasteiger partial charge in [0.2, 0.25) is 0 Å². The molecule has 0 bridgehead atoms. The number of benzene rings is 2. The number of ether oxygens (including phenoxy) is 3. The average molecular weight is 518 g/mol. The number of carbonyl (C=O) groups is 2. The Labute approximate surface area is 211 Å². The zero-order chi connectivity index (χ0) is 25.8. The first kappa shape index (κ1) is 25.8. The van der Waals surface area contributed by atoms with Crippen LogP contribution in [0.5, 0.6) is 11.5 Å². The highest BCUT2D eigenvalue weighted by atomic mass is 32.2. The van der Waals surface area contributed by atoms with E-state index >= 15 is 0 Å². The van der Waals surface area contributed by atoms with E-state index < -0.39 is 21.7 Å². The summed E-state index contributed by atoms with van der Waals surface area (Å²) < 4.78 is 44.5. The summed E-state index contributed by atoms with van der Waals surface area (Å²) in [7, 11) is -0.866. The number of hydrogen-bond donors (Lipinski definition) is 2. The number of amides is 2. The molecule has 0 aromatic heterocycles. The van der Waals surface area contributed by atoms with E-state index in [2.05, 4.69) is 10.0 Å². The minimum absolute atomic E-state index is 0.00101. The molecule has 0 spiro atoms. The van der Waals surface area contributed by atoms with Gasteiger partial charge in [0.15, 0.2) is 0 Å². The maximum Gasteiger partial charge on any atom is 0.424 e. The highest BCUT2D eigenvalue weighted by molar-refractivity contribution is 7.87. The van der Waals surface area contributed by atoms with E-state index in [9.17, 15) is 18.0 Å². The summed E-state index contributed by atoms with van der Waals surface area (Å²) in [6.45, 7) is 0.385. The normalized spacial score (nSPS) is 22.1. The lowest BCUT2D eigenvalue weighted by atomic mass is 9.68. The van der Waals surface area contributed by atoms with Crippen LogP contribution in [0.4, 0.5) is 4.79 Å². The fourth-order valence-corrected chi connectivity index (χ4v) is 6.31. The van der Waals surface area contributed by atoms with Gasteiger partial charge in [-0.15, -0.1) is 0 Å². The zero-order valence-corrected chi connectivity index (χ0v) is 21.2. The van der Waals surface area contributed by atoms with Crippen LogP contribution in [-0.4, -0.2) is 64.7 Å². The monoisotopic (exact) mass is 517 g/mol. The summed E-state index contributed by atoms with van der Waals surface area (Å²) in [4.78, 5) is 24.8. The topological polar surface area (TPSA) is 123 Å². The lowest BCUT2D eigenvalue weighted by molar-refractivity contribution is 0.0931.